The van der Waals surface area contributed by atoms with Gasteiger partial charge < -0.3 is 4.98 Å². The zero-order valence-corrected chi connectivity index (χ0v) is 9.32. The summed E-state index contributed by atoms with van der Waals surface area (Å²) in [5.41, 5.74) is 1.41. The fourth-order valence-corrected chi connectivity index (χ4v) is 2.51. The van der Waals surface area contributed by atoms with Gasteiger partial charge in [-0.05, 0) is 24.3 Å². The Morgan fingerprint density at radius 3 is 2.87 bits per heavy atom. The Kier molecular flexibility index (Phi) is 2.90. The van der Waals surface area contributed by atoms with Crippen molar-refractivity contribution < 1.29 is 4.79 Å². The average molecular weight is 224 g/mol. The summed E-state index contributed by atoms with van der Waals surface area (Å²) >= 11 is 1.82. The van der Waals surface area contributed by atoms with Crippen LogP contribution < -0.4 is 5.56 Å². The van der Waals surface area contributed by atoms with E-state index in [1.54, 1.807) is 0 Å². The van der Waals surface area contributed by atoms with Gasteiger partial charge in [-0.1, -0.05) is 0 Å². The zero-order chi connectivity index (χ0) is 10.8. The quantitative estimate of drug-likeness (QED) is 0.717. The number of H-pyrrole nitrogens is 1. The number of aromatic nitrogens is 2. The summed E-state index contributed by atoms with van der Waals surface area (Å²) in [5, 5.41) is 0. The van der Waals surface area contributed by atoms with E-state index in [4.69, 9.17) is 0 Å². The van der Waals surface area contributed by atoms with Gasteiger partial charge >= 0.3 is 0 Å². The van der Waals surface area contributed by atoms with Crippen LogP contribution in [0.4, 0.5) is 0 Å². The number of fused-ring (bicyclic) bond motifs is 1. The van der Waals surface area contributed by atoms with E-state index in [1.165, 1.54) is 6.92 Å². The molecule has 1 N–H and O–H groups in total. The van der Waals surface area contributed by atoms with Crippen molar-refractivity contribution in [3.63, 3.8) is 0 Å². The summed E-state index contributed by atoms with van der Waals surface area (Å²) < 4.78 is 0. The largest absolute Gasteiger partial charge is 0.304 e. The molecule has 1 aliphatic rings. The van der Waals surface area contributed by atoms with Crippen molar-refractivity contribution in [1.82, 2.24) is 9.97 Å². The summed E-state index contributed by atoms with van der Waals surface area (Å²) in [6.07, 6.45) is 1.53. The summed E-state index contributed by atoms with van der Waals surface area (Å²) in [7, 11) is 0. The predicted molar refractivity (Wildman–Crippen MR) is 59.6 cm³/mol. The van der Waals surface area contributed by atoms with Crippen molar-refractivity contribution in [2.24, 2.45) is 0 Å². The maximum Gasteiger partial charge on any atom is 0.254 e. The number of carbonyl (C=O) groups excluding carboxylic acids is 1. The molecule has 1 aromatic heterocycles. The first-order valence-corrected chi connectivity index (χ1v) is 6.04. The van der Waals surface area contributed by atoms with E-state index in [9.17, 15) is 9.59 Å². The van der Waals surface area contributed by atoms with E-state index in [1.807, 2.05) is 11.8 Å². The molecule has 1 aliphatic heterocycles. The summed E-state index contributed by atoms with van der Waals surface area (Å²) in [4.78, 5) is 29.6. The molecule has 0 spiro atoms. The van der Waals surface area contributed by atoms with Crippen LogP contribution in [0.15, 0.2) is 4.79 Å². The summed E-state index contributed by atoms with van der Waals surface area (Å²) in [6, 6.07) is 0. The normalized spacial score (nSPS) is 15.5. The van der Waals surface area contributed by atoms with E-state index in [-0.39, 0.29) is 17.2 Å². The monoisotopic (exact) mass is 224 g/mol. The van der Waals surface area contributed by atoms with Gasteiger partial charge in [0.1, 0.15) is 0 Å². The highest BCUT2D eigenvalue weighted by atomic mass is 32.2. The van der Waals surface area contributed by atoms with Crippen LogP contribution in [0, 0.1) is 0 Å². The molecule has 0 aliphatic carbocycles. The molecule has 0 radical (unpaired) electrons. The third kappa shape index (κ3) is 2.12. The first kappa shape index (κ1) is 10.4. The number of rotatable bonds is 1. The molecule has 0 aromatic carbocycles. The molecule has 15 heavy (non-hydrogen) atoms. The van der Waals surface area contributed by atoms with E-state index in [0.29, 0.717) is 0 Å². The van der Waals surface area contributed by atoms with Gasteiger partial charge in [0.15, 0.2) is 11.6 Å². The molecular formula is C10H12N2O2S. The molecule has 0 atom stereocenters. The van der Waals surface area contributed by atoms with Crippen molar-refractivity contribution >= 4 is 17.5 Å². The number of ketones is 1. The Hall–Kier alpha value is -1.10. The van der Waals surface area contributed by atoms with Crippen LogP contribution in [-0.4, -0.2) is 27.3 Å². The molecule has 0 saturated carbocycles. The summed E-state index contributed by atoms with van der Waals surface area (Å²) in [6.45, 7) is 1.41. The molecule has 0 unspecified atom stereocenters. The van der Waals surface area contributed by atoms with E-state index in [0.717, 1.165) is 35.6 Å². The van der Waals surface area contributed by atoms with Gasteiger partial charge in [0.25, 0.3) is 5.56 Å². The number of hydrogen-bond donors (Lipinski definition) is 1. The van der Waals surface area contributed by atoms with Gasteiger partial charge in [0.05, 0.1) is 5.69 Å². The van der Waals surface area contributed by atoms with E-state index in [2.05, 4.69) is 9.97 Å². The number of aromatic amines is 1. The van der Waals surface area contributed by atoms with E-state index >= 15 is 0 Å². The smallest absolute Gasteiger partial charge is 0.254 e. The molecule has 0 fully saturated rings. The van der Waals surface area contributed by atoms with Crippen molar-refractivity contribution in [1.29, 1.82) is 0 Å². The second kappa shape index (κ2) is 4.18. The topological polar surface area (TPSA) is 62.8 Å². The maximum absolute atomic E-state index is 11.7. The fraction of sp³-hybridized carbons (Fsp3) is 0.500. The van der Waals surface area contributed by atoms with Crippen LogP contribution in [0.5, 0.6) is 0 Å². The van der Waals surface area contributed by atoms with Crippen molar-refractivity contribution in [3.05, 3.63) is 27.4 Å². The Morgan fingerprint density at radius 1 is 1.40 bits per heavy atom. The molecule has 0 saturated heterocycles. The van der Waals surface area contributed by atoms with Crippen LogP contribution in [-0.2, 0) is 12.8 Å². The number of carbonyl (C=O) groups is 1. The van der Waals surface area contributed by atoms with Crippen LogP contribution in [0.1, 0.15) is 28.8 Å². The number of thioether (sulfide) groups is 1. The molecule has 1 aromatic rings. The summed E-state index contributed by atoms with van der Waals surface area (Å²) in [5.74, 6) is 1.93. The Balaban J connectivity index is 2.53. The second-order valence-electron chi connectivity index (χ2n) is 3.51. The van der Waals surface area contributed by atoms with Crippen LogP contribution in [0.25, 0.3) is 0 Å². The van der Waals surface area contributed by atoms with Crippen LogP contribution in [0.3, 0.4) is 0 Å². The minimum atomic E-state index is -0.188. The van der Waals surface area contributed by atoms with Crippen LogP contribution >= 0.6 is 11.8 Å². The van der Waals surface area contributed by atoms with Gasteiger partial charge in [-0.15, -0.1) is 0 Å². The predicted octanol–water partition coefficient (Wildman–Crippen LogP) is 0.804. The molecule has 0 amide bonds. The van der Waals surface area contributed by atoms with Gasteiger partial charge in [-0.25, -0.2) is 4.98 Å². The second-order valence-corrected chi connectivity index (χ2v) is 4.73. The van der Waals surface area contributed by atoms with Gasteiger partial charge in [-0.2, -0.15) is 11.8 Å². The first-order chi connectivity index (χ1) is 7.18. The van der Waals surface area contributed by atoms with Crippen molar-refractivity contribution in [2.75, 3.05) is 11.5 Å². The number of nitrogens with zero attached hydrogens (tertiary/aromatic N) is 1. The highest BCUT2D eigenvalue weighted by Crippen LogP contribution is 2.15. The molecule has 5 heteroatoms. The van der Waals surface area contributed by atoms with Crippen molar-refractivity contribution in [3.8, 4) is 0 Å². The molecule has 80 valence electrons. The van der Waals surface area contributed by atoms with E-state index < -0.39 is 0 Å². The molecular weight excluding hydrogens is 212 g/mol. The highest BCUT2D eigenvalue weighted by molar-refractivity contribution is 7.99. The minimum absolute atomic E-state index is 0.146. The van der Waals surface area contributed by atoms with Gasteiger partial charge in [0, 0.05) is 12.5 Å². The minimum Gasteiger partial charge on any atom is -0.304 e. The SMILES string of the molecule is CC(=O)c1nc2c(c(=O)[nH]1)CCSCC2. The first-order valence-electron chi connectivity index (χ1n) is 4.89. The molecule has 0 bridgehead atoms. The molecule has 4 nitrogen and oxygen atoms in total. The molecule has 2 rings (SSSR count). The Morgan fingerprint density at radius 2 is 2.13 bits per heavy atom. The Labute approximate surface area is 91.5 Å². The lowest BCUT2D eigenvalue weighted by Crippen LogP contribution is -2.21. The lowest BCUT2D eigenvalue weighted by atomic mass is 10.1. The lowest BCUT2D eigenvalue weighted by molar-refractivity contribution is 0.100. The highest BCUT2D eigenvalue weighted by Gasteiger charge is 2.15. The van der Waals surface area contributed by atoms with Crippen molar-refractivity contribution in [2.45, 2.75) is 19.8 Å². The third-order valence-electron chi connectivity index (χ3n) is 2.41. The maximum atomic E-state index is 11.7. The van der Waals surface area contributed by atoms with Gasteiger partial charge in [0.2, 0.25) is 0 Å². The molecule has 2 heterocycles. The average Bonchev–Trinajstić information content (AvgIpc) is 2.42. The standard InChI is InChI=1S/C10H12N2O2S/c1-6(13)9-11-8-3-5-15-4-2-7(8)10(14)12-9/h2-5H2,1H3,(H,11,12,14). The van der Waals surface area contributed by atoms with Crippen LogP contribution in [0.2, 0.25) is 0 Å². The Bertz CT molecular complexity index is 453. The van der Waals surface area contributed by atoms with Gasteiger partial charge in [-0.3, -0.25) is 9.59 Å². The number of hydrogen-bond acceptors (Lipinski definition) is 4. The zero-order valence-electron chi connectivity index (χ0n) is 8.50. The number of aryl methyl sites for hydroxylation is 1. The lowest BCUT2D eigenvalue weighted by Gasteiger charge is -2.04. The third-order valence-corrected chi connectivity index (χ3v) is 3.40. The number of Topliss-reactive ketones (excluding diaryl/α,β-unsaturated/α-hetero) is 1. The number of nitrogens with one attached hydrogen (secondary N) is 1. The fourth-order valence-electron chi connectivity index (χ4n) is 1.62.